The van der Waals surface area contributed by atoms with Crippen molar-refractivity contribution in [2.24, 2.45) is 0 Å². The van der Waals surface area contributed by atoms with E-state index in [1.165, 1.54) is 0 Å². The van der Waals surface area contributed by atoms with Crippen LogP contribution >= 0.6 is 12.2 Å². The Morgan fingerprint density at radius 3 is 2.71 bits per heavy atom. The van der Waals surface area contributed by atoms with E-state index in [1.54, 1.807) is 0 Å². The molecule has 130 valence electrons. The Labute approximate surface area is 146 Å². The summed E-state index contributed by atoms with van der Waals surface area (Å²) in [6, 6.07) is 10.0. The third-order valence-corrected chi connectivity index (χ3v) is 4.66. The van der Waals surface area contributed by atoms with Crippen LogP contribution in [0.1, 0.15) is 19.4 Å². The minimum absolute atomic E-state index is 0.229. The Bertz CT molecular complexity index is 625. The van der Waals surface area contributed by atoms with Gasteiger partial charge in [0.05, 0.1) is 13.2 Å². The monoisotopic (exact) mass is 351 g/mol. The number of hydrogen-bond donors (Lipinski definition) is 1. The van der Waals surface area contributed by atoms with Crippen LogP contribution in [0.5, 0.6) is 0 Å². The average Bonchev–Trinajstić information content (AvgIpc) is 3.15. The average molecular weight is 351 g/mol. The van der Waals surface area contributed by atoms with E-state index in [1.807, 2.05) is 44.2 Å². The van der Waals surface area contributed by atoms with Gasteiger partial charge in [-0.15, -0.1) is 0 Å². The summed E-state index contributed by atoms with van der Waals surface area (Å²) in [5.74, 6) is -0.671. The van der Waals surface area contributed by atoms with E-state index in [0.29, 0.717) is 25.0 Å². The maximum atomic E-state index is 6.18. The van der Waals surface area contributed by atoms with Gasteiger partial charge in [-0.25, -0.2) is 0 Å². The second kappa shape index (κ2) is 5.93. The highest BCUT2D eigenvalue weighted by Crippen LogP contribution is 2.44. The SMILES string of the molecule is CC1(C)O[C@H]2[C@@H](O1)[C@]1(COC(=S)N1)O[C@@H]2COCc1ccccc1. The summed E-state index contributed by atoms with van der Waals surface area (Å²) in [7, 11) is 0. The van der Waals surface area contributed by atoms with Gasteiger partial charge < -0.3 is 29.0 Å². The molecule has 1 N–H and O–H groups in total. The molecule has 3 aliphatic rings. The van der Waals surface area contributed by atoms with Crippen LogP contribution < -0.4 is 5.32 Å². The second-order valence-corrected chi connectivity index (χ2v) is 7.14. The molecule has 4 rings (SSSR count). The molecular formula is C17H21NO5S. The third kappa shape index (κ3) is 2.91. The quantitative estimate of drug-likeness (QED) is 0.829. The first-order valence-corrected chi connectivity index (χ1v) is 8.48. The number of nitrogens with one attached hydrogen (secondary N) is 1. The molecule has 1 aromatic carbocycles. The fourth-order valence-corrected chi connectivity index (χ4v) is 3.69. The Morgan fingerprint density at radius 1 is 1.21 bits per heavy atom. The molecule has 0 bridgehead atoms. The topological polar surface area (TPSA) is 58.2 Å². The van der Waals surface area contributed by atoms with Crippen molar-refractivity contribution in [3.63, 3.8) is 0 Å². The molecule has 0 radical (unpaired) electrons. The van der Waals surface area contributed by atoms with E-state index in [9.17, 15) is 0 Å². The molecule has 3 saturated heterocycles. The Morgan fingerprint density at radius 2 is 2.00 bits per heavy atom. The van der Waals surface area contributed by atoms with Gasteiger partial charge in [-0.2, -0.15) is 0 Å². The van der Waals surface area contributed by atoms with Gasteiger partial charge in [0.2, 0.25) is 5.72 Å². The van der Waals surface area contributed by atoms with Crippen molar-refractivity contribution < 1.29 is 23.7 Å². The van der Waals surface area contributed by atoms with Crippen LogP contribution in [0, 0.1) is 0 Å². The standard InChI is InChI=1S/C17H21NO5S/c1-16(2)22-13-12(9-19-8-11-6-4-3-5-7-11)21-17(14(13)23-16)10-20-15(24)18-17/h3-7,12-14H,8-10H2,1-2H3,(H,18,24)/t12-,13-,14-,17+/m1/s1. The number of benzene rings is 1. The molecule has 3 fully saturated rings. The predicted octanol–water partition coefficient (Wildman–Crippen LogP) is 1.72. The van der Waals surface area contributed by atoms with E-state index in [4.69, 9.17) is 35.9 Å². The van der Waals surface area contributed by atoms with Crippen LogP contribution in [0.4, 0.5) is 0 Å². The van der Waals surface area contributed by atoms with Crippen molar-refractivity contribution in [2.75, 3.05) is 13.2 Å². The highest BCUT2D eigenvalue weighted by atomic mass is 32.1. The first-order chi connectivity index (χ1) is 11.5. The summed E-state index contributed by atoms with van der Waals surface area (Å²) in [5, 5.41) is 3.43. The summed E-state index contributed by atoms with van der Waals surface area (Å²) >= 11 is 5.09. The van der Waals surface area contributed by atoms with Crippen LogP contribution in [-0.4, -0.2) is 48.2 Å². The minimum Gasteiger partial charge on any atom is -0.466 e. The highest BCUT2D eigenvalue weighted by molar-refractivity contribution is 7.80. The van der Waals surface area contributed by atoms with Gasteiger partial charge in [-0.05, 0) is 31.6 Å². The number of hydrogen-bond acceptors (Lipinski definition) is 6. The van der Waals surface area contributed by atoms with Crippen LogP contribution in [0.25, 0.3) is 0 Å². The smallest absolute Gasteiger partial charge is 0.259 e. The van der Waals surface area contributed by atoms with Crippen molar-refractivity contribution in [1.82, 2.24) is 5.32 Å². The van der Waals surface area contributed by atoms with Crippen LogP contribution in [-0.2, 0) is 30.3 Å². The van der Waals surface area contributed by atoms with Crippen molar-refractivity contribution in [3.8, 4) is 0 Å². The molecule has 6 nitrogen and oxygen atoms in total. The molecule has 3 aliphatic heterocycles. The number of thiocarbonyl (C=S) groups is 1. The van der Waals surface area contributed by atoms with Gasteiger partial charge >= 0.3 is 0 Å². The van der Waals surface area contributed by atoms with Crippen molar-refractivity contribution in [1.29, 1.82) is 0 Å². The molecule has 4 atom stereocenters. The van der Waals surface area contributed by atoms with E-state index < -0.39 is 11.5 Å². The lowest BCUT2D eigenvalue weighted by Crippen LogP contribution is -2.53. The Hall–Kier alpha value is -1.25. The van der Waals surface area contributed by atoms with Crippen LogP contribution in [0.2, 0.25) is 0 Å². The van der Waals surface area contributed by atoms with Gasteiger partial charge in [-0.1, -0.05) is 30.3 Å². The summed E-state index contributed by atoms with van der Waals surface area (Å²) in [5.41, 5.74) is 0.324. The molecule has 0 amide bonds. The predicted molar refractivity (Wildman–Crippen MR) is 89.2 cm³/mol. The largest absolute Gasteiger partial charge is 0.466 e. The zero-order valence-electron chi connectivity index (χ0n) is 13.7. The molecule has 1 spiro atoms. The molecule has 0 aromatic heterocycles. The highest BCUT2D eigenvalue weighted by Gasteiger charge is 2.65. The van der Waals surface area contributed by atoms with Gasteiger partial charge in [0, 0.05) is 0 Å². The normalized spacial score (nSPS) is 36.6. The number of ether oxygens (including phenoxy) is 5. The second-order valence-electron chi connectivity index (χ2n) is 6.77. The molecule has 24 heavy (non-hydrogen) atoms. The van der Waals surface area contributed by atoms with Gasteiger partial charge in [0.25, 0.3) is 5.17 Å². The summed E-state index contributed by atoms with van der Waals surface area (Å²) in [6.45, 7) is 5.04. The van der Waals surface area contributed by atoms with Crippen molar-refractivity contribution in [2.45, 2.75) is 50.3 Å². The molecule has 3 heterocycles. The first-order valence-electron chi connectivity index (χ1n) is 8.08. The molecule has 0 unspecified atom stereocenters. The summed E-state index contributed by atoms with van der Waals surface area (Å²) in [6.07, 6.45) is -0.775. The van der Waals surface area contributed by atoms with Crippen molar-refractivity contribution in [3.05, 3.63) is 35.9 Å². The zero-order chi connectivity index (χ0) is 16.8. The summed E-state index contributed by atoms with van der Waals surface area (Å²) in [4.78, 5) is 0. The molecule has 0 aliphatic carbocycles. The maximum Gasteiger partial charge on any atom is 0.259 e. The van der Waals surface area contributed by atoms with Gasteiger partial charge in [-0.3, -0.25) is 0 Å². The molecule has 1 aromatic rings. The Balaban J connectivity index is 1.44. The number of fused-ring (bicyclic) bond motifs is 2. The van der Waals surface area contributed by atoms with Crippen LogP contribution in [0.15, 0.2) is 30.3 Å². The molecule has 7 heteroatoms. The van der Waals surface area contributed by atoms with E-state index in [-0.39, 0.29) is 18.3 Å². The Kier molecular flexibility index (Phi) is 4.01. The lowest BCUT2D eigenvalue weighted by atomic mass is 10.0. The zero-order valence-corrected chi connectivity index (χ0v) is 14.5. The fraction of sp³-hybridized carbons (Fsp3) is 0.588. The van der Waals surface area contributed by atoms with E-state index >= 15 is 0 Å². The molecule has 0 saturated carbocycles. The van der Waals surface area contributed by atoms with Crippen molar-refractivity contribution >= 4 is 17.4 Å². The minimum atomic E-state index is -0.795. The third-order valence-electron chi connectivity index (χ3n) is 4.44. The first kappa shape index (κ1) is 16.2. The summed E-state index contributed by atoms with van der Waals surface area (Å²) < 4.78 is 29.5. The number of rotatable bonds is 4. The van der Waals surface area contributed by atoms with Gasteiger partial charge in [0.15, 0.2) is 5.79 Å². The van der Waals surface area contributed by atoms with E-state index in [2.05, 4.69) is 5.32 Å². The lowest BCUT2D eigenvalue weighted by Gasteiger charge is -2.29. The lowest BCUT2D eigenvalue weighted by molar-refractivity contribution is -0.217. The fourth-order valence-electron chi connectivity index (χ4n) is 3.46. The van der Waals surface area contributed by atoms with E-state index in [0.717, 1.165) is 5.56 Å². The van der Waals surface area contributed by atoms with Crippen LogP contribution in [0.3, 0.4) is 0 Å². The maximum absolute atomic E-state index is 6.18. The van der Waals surface area contributed by atoms with Gasteiger partial charge in [0.1, 0.15) is 24.9 Å². The molecular weight excluding hydrogens is 330 g/mol.